The Morgan fingerprint density at radius 1 is 1.21 bits per heavy atom. The van der Waals surface area contributed by atoms with Crippen molar-refractivity contribution in [2.45, 2.75) is 81.7 Å². The van der Waals surface area contributed by atoms with E-state index in [1.165, 1.54) is 4.57 Å². The average Bonchev–Trinajstić information content (AvgIpc) is 3.18. The molecule has 1 unspecified atom stereocenters. The van der Waals surface area contributed by atoms with E-state index in [-0.39, 0.29) is 16.8 Å². The summed E-state index contributed by atoms with van der Waals surface area (Å²) >= 11 is 0. The van der Waals surface area contributed by atoms with Gasteiger partial charge in [0.1, 0.15) is 18.1 Å². The Balaban J connectivity index is 1.33. The van der Waals surface area contributed by atoms with Gasteiger partial charge in [0.15, 0.2) is 8.32 Å². The molecule has 3 aliphatic rings. The van der Waals surface area contributed by atoms with Crippen LogP contribution in [0.3, 0.4) is 0 Å². The number of carbonyl (C=O) groups excluding carboxylic acids is 1. The topological polar surface area (TPSA) is 103 Å². The number of fused-ring (bicyclic) bond motifs is 3. The van der Waals surface area contributed by atoms with Crippen LogP contribution in [0.4, 0.5) is 5.82 Å². The smallest absolute Gasteiger partial charge is 0.351 e. The quantitative estimate of drug-likeness (QED) is 0.629. The summed E-state index contributed by atoms with van der Waals surface area (Å²) in [4.78, 5) is 29.2. The summed E-state index contributed by atoms with van der Waals surface area (Å²) in [7, 11) is -2.07. The van der Waals surface area contributed by atoms with Gasteiger partial charge in [0.2, 0.25) is 0 Å². The Labute approximate surface area is 200 Å². The van der Waals surface area contributed by atoms with Crippen LogP contribution in [-0.2, 0) is 9.16 Å². The second kappa shape index (κ2) is 7.58. The van der Waals surface area contributed by atoms with Crippen molar-refractivity contribution in [3.8, 4) is 0 Å². The van der Waals surface area contributed by atoms with E-state index in [2.05, 4.69) is 44.2 Å². The Kier molecular flexibility index (Phi) is 5.22. The second-order valence-corrected chi connectivity index (χ2v) is 16.2. The van der Waals surface area contributed by atoms with Crippen LogP contribution in [0.1, 0.15) is 56.6 Å². The van der Waals surface area contributed by atoms with Gasteiger partial charge in [-0.25, -0.2) is 4.79 Å². The molecule has 2 saturated carbocycles. The highest BCUT2D eigenvalue weighted by atomic mass is 28.4. The number of anilines is 1. The highest BCUT2D eigenvalue weighted by Crippen LogP contribution is 2.68. The minimum absolute atomic E-state index is 0.0501. The summed E-state index contributed by atoms with van der Waals surface area (Å²) in [6.45, 7) is 11.1. The van der Waals surface area contributed by atoms with Gasteiger partial charge in [-0.05, 0) is 55.1 Å². The zero-order valence-electron chi connectivity index (χ0n) is 20.4. The first-order chi connectivity index (χ1) is 15.8. The van der Waals surface area contributed by atoms with Crippen molar-refractivity contribution in [1.82, 2.24) is 9.55 Å². The van der Waals surface area contributed by atoms with Gasteiger partial charge in [-0.3, -0.25) is 9.36 Å². The van der Waals surface area contributed by atoms with Gasteiger partial charge in [-0.2, -0.15) is 4.98 Å². The molecule has 2 aromatic rings. The first kappa shape index (κ1) is 23.4. The van der Waals surface area contributed by atoms with E-state index in [1.807, 2.05) is 6.07 Å². The summed E-state index contributed by atoms with van der Waals surface area (Å²) < 4.78 is 14.6. The van der Waals surface area contributed by atoms with E-state index in [0.717, 1.165) is 6.42 Å². The van der Waals surface area contributed by atoms with Crippen LogP contribution < -0.4 is 11.0 Å². The SMILES string of the molecule is CC(C)(C)[Si](C)(C)O[C@]12C[C@H]1C[C@]1(O)CC(n3ccc(NC(=O)c4ccccc4)nc3=O)O[C@@H]12. The number of aliphatic hydroxyl groups is 1. The molecule has 1 aliphatic heterocycles. The predicted octanol–water partition coefficient (Wildman–Crippen LogP) is 3.70. The van der Waals surface area contributed by atoms with E-state index in [9.17, 15) is 14.7 Å². The van der Waals surface area contributed by atoms with Gasteiger partial charge in [-0.1, -0.05) is 39.0 Å². The van der Waals surface area contributed by atoms with Crippen molar-refractivity contribution in [3.05, 3.63) is 58.6 Å². The van der Waals surface area contributed by atoms with Crippen LogP contribution >= 0.6 is 0 Å². The van der Waals surface area contributed by atoms with Crippen LogP contribution in [0.2, 0.25) is 18.1 Å². The lowest BCUT2D eigenvalue weighted by Crippen LogP contribution is -2.51. The van der Waals surface area contributed by atoms with Crippen molar-refractivity contribution in [1.29, 1.82) is 0 Å². The molecule has 182 valence electrons. The summed E-state index contributed by atoms with van der Waals surface area (Å²) in [5, 5.41) is 14.1. The van der Waals surface area contributed by atoms with Gasteiger partial charge >= 0.3 is 5.69 Å². The van der Waals surface area contributed by atoms with E-state index in [0.29, 0.717) is 24.3 Å². The molecule has 34 heavy (non-hydrogen) atoms. The maximum Gasteiger partial charge on any atom is 0.351 e. The number of benzene rings is 1. The number of rotatable bonds is 5. The monoisotopic (exact) mass is 483 g/mol. The molecule has 5 atom stereocenters. The Bertz CT molecular complexity index is 1180. The highest BCUT2D eigenvalue weighted by molar-refractivity contribution is 6.74. The maximum atomic E-state index is 12.8. The molecular weight excluding hydrogens is 450 g/mol. The standard InChI is InChI=1S/C25H33N3O5Si/c1-23(2,3)34(4,5)33-25-14-17(25)13-24(31)15-19(32-21(24)25)28-12-11-18(27-22(28)30)26-20(29)16-9-7-6-8-10-16/h6-12,17,19,21,31H,13-15H2,1-5H3,(H,26,27,29,30)/t17-,19?,21+,24+,25-/m1/s1. The first-order valence-corrected chi connectivity index (χ1v) is 14.8. The van der Waals surface area contributed by atoms with E-state index in [1.54, 1.807) is 36.5 Å². The van der Waals surface area contributed by atoms with Crippen LogP contribution in [0.5, 0.6) is 0 Å². The number of aromatic nitrogens is 2. The van der Waals surface area contributed by atoms with Gasteiger partial charge in [0, 0.05) is 18.2 Å². The van der Waals surface area contributed by atoms with Gasteiger partial charge in [-0.15, -0.1) is 0 Å². The molecule has 2 N–H and O–H groups in total. The molecule has 2 aliphatic carbocycles. The molecular formula is C25H33N3O5Si. The first-order valence-electron chi connectivity index (χ1n) is 11.9. The molecule has 9 heteroatoms. The number of amides is 1. The molecule has 3 fully saturated rings. The maximum absolute atomic E-state index is 12.8. The minimum Gasteiger partial charge on any atom is -0.408 e. The van der Waals surface area contributed by atoms with Crippen LogP contribution in [0.25, 0.3) is 0 Å². The summed E-state index contributed by atoms with van der Waals surface area (Å²) in [5.74, 6) is 0.130. The molecule has 0 spiro atoms. The lowest BCUT2D eigenvalue weighted by atomic mass is 9.92. The van der Waals surface area contributed by atoms with Gasteiger partial charge in [0.05, 0.1) is 11.2 Å². The second-order valence-electron chi connectivity index (χ2n) is 11.5. The summed E-state index contributed by atoms with van der Waals surface area (Å²) in [6.07, 6.45) is 2.29. The van der Waals surface area contributed by atoms with Crippen LogP contribution in [0, 0.1) is 5.92 Å². The lowest BCUT2D eigenvalue weighted by molar-refractivity contribution is -0.103. The fourth-order valence-electron chi connectivity index (χ4n) is 5.27. The average molecular weight is 484 g/mol. The molecule has 5 rings (SSSR count). The fourth-order valence-corrected chi connectivity index (χ4v) is 6.88. The Morgan fingerprint density at radius 3 is 2.56 bits per heavy atom. The Hall–Kier alpha value is -2.33. The van der Waals surface area contributed by atoms with Crippen molar-refractivity contribution in [3.63, 3.8) is 0 Å². The molecule has 0 radical (unpaired) electrons. The lowest BCUT2D eigenvalue weighted by Gasteiger charge is -2.41. The zero-order chi connectivity index (χ0) is 24.5. The summed E-state index contributed by atoms with van der Waals surface area (Å²) in [6, 6.07) is 10.3. The number of ether oxygens (including phenoxy) is 1. The normalized spacial score (nSPS) is 32.2. The number of hydrogen-bond acceptors (Lipinski definition) is 6. The highest BCUT2D eigenvalue weighted by Gasteiger charge is 2.77. The third kappa shape index (κ3) is 3.75. The molecule has 8 nitrogen and oxygen atoms in total. The molecule has 1 amide bonds. The van der Waals surface area contributed by atoms with E-state index >= 15 is 0 Å². The minimum atomic E-state index is -2.07. The van der Waals surface area contributed by atoms with Crippen molar-refractivity contribution >= 4 is 20.0 Å². The van der Waals surface area contributed by atoms with Crippen molar-refractivity contribution in [2.24, 2.45) is 5.92 Å². The van der Waals surface area contributed by atoms with Crippen molar-refractivity contribution in [2.75, 3.05) is 5.32 Å². The third-order valence-corrected chi connectivity index (χ3v) is 12.6. The van der Waals surface area contributed by atoms with Crippen LogP contribution in [0.15, 0.2) is 47.4 Å². The predicted molar refractivity (Wildman–Crippen MR) is 130 cm³/mol. The number of hydrogen-bond donors (Lipinski definition) is 2. The molecule has 1 saturated heterocycles. The molecule has 1 aromatic carbocycles. The molecule has 2 heterocycles. The van der Waals surface area contributed by atoms with E-state index in [4.69, 9.17) is 9.16 Å². The molecule has 1 aromatic heterocycles. The largest absolute Gasteiger partial charge is 0.408 e. The fraction of sp³-hybridized carbons (Fsp3) is 0.560. The number of nitrogens with zero attached hydrogens (tertiary/aromatic N) is 2. The van der Waals surface area contributed by atoms with Crippen molar-refractivity contribution < 1.29 is 19.1 Å². The molecule has 0 bridgehead atoms. The third-order valence-electron chi connectivity index (χ3n) is 8.12. The van der Waals surface area contributed by atoms with E-state index < -0.39 is 37.5 Å². The number of carbonyl (C=O) groups is 1. The summed E-state index contributed by atoms with van der Waals surface area (Å²) in [5.41, 5.74) is -1.54. The van der Waals surface area contributed by atoms with Gasteiger partial charge in [0.25, 0.3) is 5.91 Å². The Morgan fingerprint density at radius 2 is 1.91 bits per heavy atom. The zero-order valence-corrected chi connectivity index (χ0v) is 21.4. The number of nitrogens with one attached hydrogen (secondary N) is 1. The van der Waals surface area contributed by atoms with Crippen LogP contribution in [-0.4, -0.2) is 46.2 Å². The van der Waals surface area contributed by atoms with Gasteiger partial charge < -0.3 is 19.6 Å².